The molecule has 0 saturated carbocycles. The summed E-state index contributed by atoms with van der Waals surface area (Å²) >= 11 is 1.64. The number of nitrogens with zero attached hydrogens (tertiary/aromatic N) is 3. The third kappa shape index (κ3) is 4.03. The van der Waals surface area contributed by atoms with Crippen LogP contribution in [0.15, 0.2) is 42.0 Å². The van der Waals surface area contributed by atoms with Crippen molar-refractivity contribution in [2.45, 2.75) is 39.0 Å². The van der Waals surface area contributed by atoms with Gasteiger partial charge in [0.05, 0.1) is 5.39 Å². The Morgan fingerprint density at radius 2 is 2.04 bits per heavy atom. The highest BCUT2D eigenvalue weighted by Gasteiger charge is 2.26. The zero-order valence-electron chi connectivity index (χ0n) is 15.9. The van der Waals surface area contributed by atoms with E-state index in [1.807, 2.05) is 0 Å². The minimum absolute atomic E-state index is 0.336. The van der Waals surface area contributed by atoms with E-state index >= 15 is 0 Å². The summed E-state index contributed by atoms with van der Waals surface area (Å²) in [7, 11) is 0. The molecule has 5 heteroatoms. The average molecular weight is 380 g/mol. The molecule has 4 rings (SSSR count). The minimum atomic E-state index is 0.336. The molecular formula is C22H25N3OS. The predicted octanol–water partition coefficient (Wildman–Crippen LogP) is 4.84. The first-order valence-corrected chi connectivity index (χ1v) is 10.5. The summed E-state index contributed by atoms with van der Waals surface area (Å²) in [5.41, 5.74) is 2.44. The van der Waals surface area contributed by atoms with Crippen molar-refractivity contribution in [3.05, 3.63) is 53.2 Å². The molecular weight excluding hydrogens is 354 g/mol. The lowest BCUT2D eigenvalue weighted by molar-refractivity contribution is -0.119. The van der Waals surface area contributed by atoms with Crippen LogP contribution in [0.2, 0.25) is 0 Å². The lowest BCUT2D eigenvalue weighted by Gasteiger charge is -2.18. The SMILES string of the molecule is CC(C)c1ccc(CC(=O)CC2CCN(c3ncnc4sccc34)C2)cc1. The van der Waals surface area contributed by atoms with Crippen LogP contribution in [-0.2, 0) is 11.2 Å². The number of Topliss-reactive ketones (excluding diaryl/α,β-unsaturated/α-hetero) is 1. The van der Waals surface area contributed by atoms with Gasteiger partial charge in [-0.05, 0) is 40.8 Å². The van der Waals surface area contributed by atoms with Gasteiger partial charge in [-0.3, -0.25) is 4.79 Å². The fraction of sp³-hybridized carbons (Fsp3) is 0.409. The van der Waals surface area contributed by atoms with Crippen molar-refractivity contribution < 1.29 is 4.79 Å². The van der Waals surface area contributed by atoms with Crippen molar-refractivity contribution in [1.29, 1.82) is 0 Å². The van der Waals surface area contributed by atoms with Gasteiger partial charge in [-0.2, -0.15) is 0 Å². The molecule has 3 aromatic rings. The highest BCUT2D eigenvalue weighted by atomic mass is 32.1. The predicted molar refractivity (Wildman–Crippen MR) is 112 cm³/mol. The van der Waals surface area contributed by atoms with E-state index in [1.54, 1.807) is 17.7 Å². The van der Waals surface area contributed by atoms with Gasteiger partial charge in [-0.25, -0.2) is 9.97 Å². The monoisotopic (exact) mass is 379 g/mol. The van der Waals surface area contributed by atoms with Crippen LogP contribution in [0.4, 0.5) is 5.82 Å². The Bertz CT molecular complexity index is 932. The Hall–Kier alpha value is -2.27. The molecule has 0 bridgehead atoms. The lowest BCUT2D eigenvalue weighted by Crippen LogP contribution is -2.22. The quantitative estimate of drug-likeness (QED) is 0.615. The molecule has 3 heterocycles. The Morgan fingerprint density at radius 3 is 2.81 bits per heavy atom. The second-order valence-electron chi connectivity index (χ2n) is 7.75. The molecule has 2 aromatic heterocycles. The van der Waals surface area contributed by atoms with Crippen LogP contribution in [0, 0.1) is 5.92 Å². The lowest BCUT2D eigenvalue weighted by atomic mass is 9.96. The number of aromatic nitrogens is 2. The fourth-order valence-electron chi connectivity index (χ4n) is 3.86. The number of hydrogen-bond acceptors (Lipinski definition) is 5. The second-order valence-corrected chi connectivity index (χ2v) is 8.65. The minimum Gasteiger partial charge on any atom is -0.356 e. The Morgan fingerprint density at radius 1 is 1.22 bits per heavy atom. The van der Waals surface area contributed by atoms with Gasteiger partial charge in [0, 0.05) is 25.9 Å². The largest absolute Gasteiger partial charge is 0.356 e. The Labute approximate surface area is 164 Å². The summed E-state index contributed by atoms with van der Waals surface area (Å²) in [6.45, 7) is 6.24. The first-order valence-electron chi connectivity index (χ1n) is 9.64. The van der Waals surface area contributed by atoms with Gasteiger partial charge in [0.25, 0.3) is 0 Å². The van der Waals surface area contributed by atoms with Gasteiger partial charge in [-0.1, -0.05) is 38.1 Å². The van der Waals surface area contributed by atoms with Gasteiger partial charge in [0.2, 0.25) is 0 Å². The smallest absolute Gasteiger partial charge is 0.140 e. The van der Waals surface area contributed by atoms with Crippen LogP contribution in [0.1, 0.15) is 43.7 Å². The normalized spacial score (nSPS) is 17.1. The third-order valence-corrected chi connectivity index (χ3v) is 6.21. The van der Waals surface area contributed by atoms with Crippen LogP contribution in [0.5, 0.6) is 0 Å². The van der Waals surface area contributed by atoms with Crippen LogP contribution in [-0.4, -0.2) is 28.8 Å². The summed E-state index contributed by atoms with van der Waals surface area (Å²) in [5.74, 6) is 2.29. The van der Waals surface area contributed by atoms with Crippen molar-refractivity contribution in [2.24, 2.45) is 5.92 Å². The molecule has 0 N–H and O–H groups in total. The molecule has 0 aliphatic carbocycles. The first-order chi connectivity index (χ1) is 13.1. The summed E-state index contributed by atoms with van der Waals surface area (Å²) in [6, 6.07) is 10.6. The van der Waals surface area contributed by atoms with Crippen molar-refractivity contribution in [2.75, 3.05) is 18.0 Å². The molecule has 4 nitrogen and oxygen atoms in total. The van der Waals surface area contributed by atoms with E-state index in [0.717, 1.165) is 41.1 Å². The van der Waals surface area contributed by atoms with Crippen molar-refractivity contribution >= 4 is 33.2 Å². The highest BCUT2D eigenvalue weighted by molar-refractivity contribution is 7.16. The zero-order valence-corrected chi connectivity index (χ0v) is 16.7. The van der Waals surface area contributed by atoms with Crippen LogP contribution in [0.3, 0.4) is 0 Å². The van der Waals surface area contributed by atoms with Gasteiger partial charge >= 0.3 is 0 Å². The number of benzene rings is 1. The summed E-state index contributed by atoms with van der Waals surface area (Å²) in [5, 5.41) is 3.18. The van der Waals surface area contributed by atoms with E-state index in [4.69, 9.17) is 0 Å². The number of rotatable bonds is 6. The number of fused-ring (bicyclic) bond motifs is 1. The van der Waals surface area contributed by atoms with E-state index < -0.39 is 0 Å². The number of thiophene rings is 1. The summed E-state index contributed by atoms with van der Waals surface area (Å²) < 4.78 is 0. The Kier molecular flexibility index (Phi) is 5.21. The molecule has 1 unspecified atom stereocenters. The van der Waals surface area contributed by atoms with Gasteiger partial charge in [0.1, 0.15) is 22.8 Å². The molecule has 1 saturated heterocycles. The fourth-order valence-corrected chi connectivity index (χ4v) is 4.59. The van der Waals surface area contributed by atoms with E-state index in [0.29, 0.717) is 30.5 Å². The van der Waals surface area contributed by atoms with E-state index in [-0.39, 0.29) is 0 Å². The molecule has 1 fully saturated rings. The molecule has 1 atom stereocenters. The van der Waals surface area contributed by atoms with Crippen molar-refractivity contribution in [3.8, 4) is 0 Å². The Balaban J connectivity index is 1.35. The van der Waals surface area contributed by atoms with Crippen LogP contribution in [0.25, 0.3) is 10.2 Å². The van der Waals surface area contributed by atoms with E-state index in [1.165, 1.54) is 5.56 Å². The van der Waals surface area contributed by atoms with E-state index in [9.17, 15) is 4.79 Å². The highest BCUT2D eigenvalue weighted by Crippen LogP contribution is 2.31. The molecule has 0 spiro atoms. The van der Waals surface area contributed by atoms with Gasteiger partial charge < -0.3 is 4.90 Å². The number of anilines is 1. The van der Waals surface area contributed by atoms with Crippen molar-refractivity contribution in [3.63, 3.8) is 0 Å². The molecule has 1 aliphatic rings. The maximum Gasteiger partial charge on any atom is 0.140 e. The maximum absolute atomic E-state index is 12.6. The van der Waals surface area contributed by atoms with E-state index in [2.05, 4.69) is 64.4 Å². The first kappa shape index (κ1) is 18.1. The van der Waals surface area contributed by atoms with Crippen LogP contribution >= 0.6 is 11.3 Å². The number of carbonyl (C=O) groups excluding carboxylic acids is 1. The average Bonchev–Trinajstić information content (AvgIpc) is 3.31. The molecule has 0 radical (unpaired) electrons. The topological polar surface area (TPSA) is 46.1 Å². The molecule has 140 valence electrons. The van der Waals surface area contributed by atoms with Gasteiger partial charge in [0.15, 0.2) is 0 Å². The summed E-state index contributed by atoms with van der Waals surface area (Å²) in [6.07, 6.45) is 3.89. The maximum atomic E-state index is 12.6. The number of hydrogen-bond donors (Lipinski definition) is 0. The van der Waals surface area contributed by atoms with Gasteiger partial charge in [-0.15, -0.1) is 11.3 Å². The molecule has 1 aromatic carbocycles. The summed E-state index contributed by atoms with van der Waals surface area (Å²) in [4.78, 5) is 24.7. The standard InChI is InChI=1S/C22H25N3OS/c1-15(2)18-5-3-16(4-6-18)11-19(26)12-17-7-9-25(13-17)21-20-8-10-27-22(20)24-14-23-21/h3-6,8,10,14-15,17H,7,9,11-13H2,1-2H3. The molecule has 27 heavy (non-hydrogen) atoms. The number of ketones is 1. The van der Waals surface area contributed by atoms with Crippen molar-refractivity contribution in [1.82, 2.24) is 9.97 Å². The zero-order chi connectivity index (χ0) is 18.8. The van der Waals surface area contributed by atoms with Crippen LogP contribution < -0.4 is 4.90 Å². The number of carbonyl (C=O) groups is 1. The molecule has 0 amide bonds. The third-order valence-electron chi connectivity index (χ3n) is 5.39. The second kappa shape index (κ2) is 7.77. The molecule has 1 aliphatic heterocycles.